The fourth-order valence-electron chi connectivity index (χ4n) is 4.82. The molecule has 0 radical (unpaired) electrons. The topological polar surface area (TPSA) is 54.9 Å². The molecule has 8 heteroatoms. The number of benzene rings is 2. The van der Waals surface area contributed by atoms with E-state index in [1.807, 2.05) is 24.3 Å². The third-order valence-electron chi connectivity index (χ3n) is 6.65. The Morgan fingerprint density at radius 1 is 1.09 bits per heavy atom. The van der Waals surface area contributed by atoms with Crippen LogP contribution < -0.4 is 14.4 Å². The Hall–Kier alpha value is -3.10. The lowest BCUT2D eigenvalue weighted by Gasteiger charge is -2.29. The van der Waals surface area contributed by atoms with Crippen molar-refractivity contribution in [2.45, 2.75) is 32.7 Å². The molecule has 3 aliphatic heterocycles. The zero-order chi connectivity index (χ0) is 23.9. The summed E-state index contributed by atoms with van der Waals surface area (Å²) in [6.45, 7) is 4.68. The SMILES string of the molecule is Cc1cccc2cc(/C=C3\SC(=S)N(Cc4ccc5c(c4)OCO5)C3=O)c(N3CCCCC3)nc12. The number of carbonyl (C=O) groups is 1. The molecule has 0 unspecified atom stereocenters. The summed E-state index contributed by atoms with van der Waals surface area (Å²) in [5, 5.41) is 1.08. The van der Waals surface area contributed by atoms with Crippen molar-refractivity contribution in [3.05, 3.63) is 64.1 Å². The lowest BCUT2D eigenvalue weighted by Crippen LogP contribution is -2.31. The van der Waals surface area contributed by atoms with Gasteiger partial charge in [0.25, 0.3) is 5.91 Å². The molecule has 35 heavy (non-hydrogen) atoms. The highest BCUT2D eigenvalue weighted by molar-refractivity contribution is 8.26. The third-order valence-corrected chi connectivity index (χ3v) is 8.03. The number of thiocarbonyl (C=S) groups is 1. The van der Waals surface area contributed by atoms with Crippen LogP contribution in [-0.2, 0) is 11.3 Å². The molecule has 3 aliphatic rings. The molecule has 0 saturated carbocycles. The van der Waals surface area contributed by atoms with Gasteiger partial charge in [-0.15, -0.1) is 0 Å². The number of piperidine rings is 1. The van der Waals surface area contributed by atoms with E-state index in [4.69, 9.17) is 26.7 Å². The van der Waals surface area contributed by atoms with Crippen molar-refractivity contribution in [2.24, 2.45) is 0 Å². The molecule has 6 nitrogen and oxygen atoms in total. The van der Waals surface area contributed by atoms with Crippen LogP contribution in [0.4, 0.5) is 5.82 Å². The summed E-state index contributed by atoms with van der Waals surface area (Å²) in [6, 6.07) is 14.1. The van der Waals surface area contributed by atoms with Crippen molar-refractivity contribution in [2.75, 3.05) is 24.8 Å². The maximum atomic E-state index is 13.4. The predicted octanol–water partition coefficient (Wildman–Crippen LogP) is 5.66. The Balaban J connectivity index is 1.34. The molecule has 2 saturated heterocycles. The van der Waals surface area contributed by atoms with Crippen LogP contribution in [0.5, 0.6) is 11.5 Å². The Bertz CT molecular complexity index is 1380. The highest BCUT2D eigenvalue weighted by Crippen LogP contribution is 2.38. The van der Waals surface area contributed by atoms with E-state index < -0.39 is 0 Å². The molecular formula is C27H25N3O3S2. The fourth-order valence-corrected chi connectivity index (χ4v) is 6.06. The van der Waals surface area contributed by atoms with Gasteiger partial charge in [-0.3, -0.25) is 9.69 Å². The third kappa shape index (κ3) is 4.25. The Morgan fingerprint density at radius 2 is 1.91 bits per heavy atom. The average molecular weight is 504 g/mol. The van der Waals surface area contributed by atoms with Gasteiger partial charge in [-0.2, -0.15) is 0 Å². The van der Waals surface area contributed by atoms with E-state index in [0.29, 0.717) is 21.5 Å². The van der Waals surface area contributed by atoms with Gasteiger partial charge in [-0.1, -0.05) is 48.2 Å². The van der Waals surface area contributed by atoms with Gasteiger partial charge in [0.05, 0.1) is 17.0 Å². The van der Waals surface area contributed by atoms with Crippen LogP contribution in [0.25, 0.3) is 17.0 Å². The van der Waals surface area contributed by atoms with E-state index in [9.17, 15) is 4.79 Å². The molecule has 0 atom stereocenters. The van der Waals surface area contributed by atoms with Crippen LogP contribution in [-0.4, -0.2) is 40.0 Å². The van der Waals surface area contributed by atoms with Gasteiger partial charge in [0.1, 0.15) is 10.1 Å². The lowest BCUT2D eigenvalue weighted by atomic mass is 10.1. The summed E-state index contributed by atoms with van der Waals surface area (Å²) in [5.74, 6) is 2.30. The van der Waals surface area contributed by atoms with Gasteiger partial charge >= 0.3 is 0 Å². The second kappa shape index (κ2) is 9.17. The molecule has 1 aromatic heterocycles. The van der Waals surface area contributed by atoms with E-state index >= 15 is 0 Å². The number of fused-ring (bicyclic) bond motifs is 2. The minimum atomic E-state index is -0.0772. The smallest absolute Gasteiger partial charge is 0.266 e. The van der Waals surface area contributed by atoms with E-state index in [1.54, 1.807) is 4.90 Å². The van der Waals surface area contributed by atoms with Gasteiger partial charge in [0, 0.05) is 24.0 Å². The summed E-state index contributed by atoms with van der Waals surface area (Å²) in [5.41, 5.74) is 4.08. The number of aryl methyl sites for hydroxylation is 1. The fraction of sp³-hybridized carbons (Fsp3) is 0.296. The molecule has 0 aliphatic carbocycles. The number of rotatable bonds is 4. The molecular weight excluding hydrogens is 478 g/mol. The van der Waals surface area contributed by atoms with Crippen LogP contribution in [0.2, 0.25) is 0 Å². The normalized spacial score (nSPS) is 18.8. The number of hydrogen-bond acceptors (Lipinski definition) is 7. The zero-order valence-electron chi connectivity index (χ0n) is 19.5. The largest absolute Gasteiger partial charge is 0.454 e. The maximum absolute atomic E-state index is 13.4. The average Bonchev–Trinajstić information content (AvgIpc) is 3.44. The highest BCUT2D eigenvalue weighted by Gasteiger charge is 2.33. The Kier molecular flexibility index (Phi) is 5.86. The summed E-state index contributed by atoms with van der Waals surface area (Å²) in [4.78, 5) is 23.2. The number of para-hydroxylation sites is 1. The zero-order valence-corrected chi connectivity index (χ0v) is 21.1. The van der Waals surface area contributed by atoms with Gasteiger partial charge in [-0.25, -0.2) is 4.98 Å². The minimum absolute atomic E-state index is 0.0772. The highest BCUT2D eigenvalue weighted by atomic mass is 32.2. The molecule has 3 aromatic rings. The van der Waals surface area contributed by atoms with Crippen LogP contribution in [0.3, 0.4) is 0 Å². The molecule has 178 valence electrons. The lowest BCUT2D eigenvalue weighted by molar-refractivity contribution is -0.122. The number of carbonyl (C=O) groups excluding carboxylic acids is 1. The molecule has 0 N–H and O–H groups in total. The first-order chi connectivity index (χ1) is 17.1. The van der Waals surface area contributed by atoms with Crippen molar-refractivity contribution >= 4 is 57.0 Å². The number of amides is 1. The quantitative estimate of drug-likeness (QED) is 0.336. The number of nitrogens with zero attached hydrogens (tertiary/aromatic N) is 3. The first-order valence-corrected chi connectivity index (χ1v) is 13.1. The summed E-state index contributed by atoms with van der Waals surface area (Å²) in [7, 11) is 0. The Labute approximate surface area is 213 Å². The number of ether oxygens (including phenoxy) is 2. The van der Waals surface area contributed by atoms with Crippen molar-refractivity contribution < 1.29 is 14.3 Å². The van der Waals surface area contributed by atoms with Gasteiger partial charge in [-0.05, 0) is 61.6 Å². The number of anilines is 1. The van der Waals surface area contributed by atoms with E-state index in [2.05, 4.69) is 36.1 Å². The molecule has 0 spiro atoms. The molecule has 1 amide bonds. The van der Waals surface area contributed by atoms with E-state index in [0.717, 1.165) is 65.1 Å². The van der Waals surface area contributed by atoms with Crippen molar-refractivity contribution in [3.63, 3.8) is 0 Å². The second-order valence-electron chi connectivity index (χ2n) is 9.05. The molecule has 6 rings (SSSR count). The maximum Gasteiger partial charge on any atom is 0.266 e. The molecule has 2 fully saturated rings. The van der Waals surface area contributed by atoms with Crippen molar-refractivity contribution in [1.29, 1.82) is 0 Å². The van der Waals surface area contributed by atoms with Crippen LogP contribution in [0.15, 0.2) is 47.4 Å². The van der Waals surface area contributed by atoms with Crippen molar-refractivity contribution in [1.82, 2.24) is 9.88 Å². The van der Waals surface area contributed by atoms with Crippen LogP contribution in [0, 0.1) is 6.92 Å². The van der Waals surface area contributed by atoms with Crippen LogP contribution >= 0.6 is 24.0 Å². The van der Waals surface area contributed by atoms with Gasteiger partial charge in [0.15, 0.2) is 11.5 Å². The van der Waals surface area contributed by atoms with Gasteiger partial charge in [0.2, 0.25) is 6.79 Å². The minimum Gasteiger partial charge on any atom is -0.454 e. The standard InChI is InChI=1S/C27H25N3O3S2/c1-17-6-5-7-19-13-20(25(28-24(17)19)29-10-3-2-4-11-29)14-23-26(31)30(27(34)35-23)15-18-8-9-21-22(12-18)33-16-32-21/h5-9,12-14H,2-4,10-11,15-16H2,1H3/b23-14-. The van der Waals surface area contributed by atoms with E-state index in [-0.39, 0.29) is 12.7 Å². The number of pyridine rings is 1. The second-order valence-corrected chi connectivity index (χ2v) is 10.7. The van der Waals surface area contributed by atoms with Crippen molar-refractivity contribution in [3.8, 4) is 11.5 Å². The molecule has 4 heterocycles. The summed E-state index contributed by atoms with van der Waals surface area (Å²) in [6.07, 6.45) is 5.53. The monoisotopic (exact) mass is 503 g/mol. The van der Waals surface area contributed by atoms with Crippen LogP contribution in [0.1, 0.15) is 36.0 Å². The summed E-state index contributed by atoms with van der Waals surface area (Å²) < 4.78 is 11.4. The number of hydrogen-bond donors (Lipinski definition) is 0. The number of thioether (sulfide) groups is 1. The number of aromatic nitrogens is 1. The predicted molar refractivity (Wildman–Crippen MR) is 144 cm³/mol. The molecule has 2 aromatic carbocycles. The van der Waals surface area contributed by atoms with Gasteiger partial charge < -0.3 is 14.4 Å². The van der Waals surface area contributed by atoms with E-state index in [1.165, 1.54) is 18.2 Å². The summed E-state index contributed by atoms with van der Waals surface area (Å²) >= 11 is 6.96. The molecule has 0 bridgehead atoms. The first kappa shape index (κ1) is 22.4. The Morgan fingerprint density at radius 3 is 2.77 bits per heavy atom. The first-order valence-electron chi connectivity index (χ1n) is 11.9.